The Balaban J connectivity index is 2.38. The van der Waals surface area contributed by atoms with E-state index in [1.54, 1.807) is 7.05 Å². The van der Waals surface area contributed by atoms with Crippen LogP contribution in [0.5, 0.6) is 0 Å². The lowest BCUT2D eigenvalue weighted by Crippen LogP contribution is -2.37. The van der Waals surface area contributed by atoms with Gasteiger partial charge in [0.2, 0.25) is 0 Å². The standard InChI is InChI=1S/C48H89N3O6/c1-6-10-20-29-41(30-21-11-7-2)39-56-43(52)33-24-16-14-18-26-36-51(38-28-35-50-46-45(49-5)47(54)48(46)55)37-27-19-15-17-25-34-44(53)57-40-42(31-22-12-8-3)32-23-13-9-4/h41-42,49-50H,6-40H2,1-5H3. The molecule has 332 valence electrons. The third-order valence-corrected chi connectivity index (χ3v) is 11.6. The molecule has 0 fully saturated rings. The molecule has 0 aliphatic carbocycles. The lowest BCUT2D eigenvalue weighted by atomic mass is 9.96. The second-order valence-electron chi connectivity index (χ2n) is 16.9. The number of unbranched alkanes of at least 4 members (excludes halogenated alkanes) is 16. The Morgan fingerprint density at radius 2 is 0.860 bits per heavy atom. The van der Waals surface area contributed by atoms with Crippen LogP contribution in [0.2, 0.25) is 0 Å². The molecule has 1 aromatic carbocycles. The van der Waals surface area contributed by atoms with Gasteiger partial charge in [0.1, 0.15) is 11.4 Å². The van der Waals surface area contributed by atoms with Gasteiger partial charge in [-0.1, -0.05) is 143 Å². The summed E-state index contributed by atoms with van der Waals surface area (Å²) in [6.07, 6.45) is 32.2. The Morgan fingerprint density at radius 1 is 0.491 bits per heavy atom. The molecule has 9 heteroatoms. The molecule has 0 aliphatic rings. The monoisotopic (exact) mass is 804 g/mol. The zero-order valence-corrected chi connectivity index (χ0v) is 37.8. The second-order valence-corrected chi connectivity index (χ2v) is 16.9. The van der Waals surface area contributed by atoms with Crippen LogP contribution in [0.3, 0.4) is 0 Å². The molecule has 0 atom stereocenters. The summed E-state index contributed by atoms with van der Waals surface area (Å²) in [7, 11) is 1.67. The molecule has 1 rings (SSSR count). The maximum Gasteiger partial charge on any atom is 0.305 e. The van der Waals surface area contributed by atoms with Gasteiger partial charge in [-0.15, -0.1) is 0 Å². The molecule has 0 radical (unpaired) electrons. The van der Waals surface area contributed by atoms with Crippen LogP contribution < -0.4 is 21.5 Å². The van der Waals surface area contributed by atoms with Crippen LogP contribution in [0.1, 0.15) is 214 Å². The molecule has 57 heavy (non-hydrogen) atoms. The highest BCUT2D eigenvalue weighted by Gasteiger charge is 2.19. The molecule has 9 nitrogen and oxygen atoms in total. The van der Waals surface area contributed by atoms with E-state index in [0.717, 1.165) is 90.3 Å². The summed E-state index contributed by atoms with van der Waals surface area (Å²) in [4.78, 5) is 51.2. The number of carbonyl (C=O) groups is 2. The van der Waals surface area contributed by atoms with E-state index < -0.39 is 10.9 Å². The number of rotatable bonds is 42. The highest BCUT2D eigenvalue weighted by molar-refractivity contribution is 5.73. The molecule has 0 aromatic heterocycles. The van der Waals surface area contributed by atoms with Crippen molar-refractivity contribution in [2.24, 2.45) is 11.8 Å². The number of nitrogens with one attached hydrogen (secondary N) is 2. The fourth-order valence-corrected chi connectivity index (χ4v) is 7.84. The molecule has 2 N–H and O–H groups in total. The first kappa shape index (κ1) is 52.6. The zero-order valence-electron chi connectivity index (χ0n) is 37.8. The van der Waals surface area contributed by atoms with Gasteiger partial charge in [0, 0.05) is 26.4 Å². The Kier molecular flexibility index (Phi) is 33.8. The van der Waals surface area contributed by atoms with E-state index in [1.165, 1.54) is 103 Å². The van der Waals surface area contributed by atoms with Crippen LogP contribution in [-0.2, 0) is 19.1 Å². The molecule has 0 aliphatic heterocycles. The average molecular weight is 804 g/mol. The zero-order chi connectivity index (χ0) is 41.8. The Hall–Kier alpha value is -2.42. The Bertz CT molecular complexity index is 1110. The molecule has 0 heterocycles. The van der Waals surface area contributed by atoms with Gasteiger partial charge in [0.25, 0.3) is 10.9 Å². The van der Waals surface area contributed by atoms with Crippen molar-refractivity contribution in [3.63, 3.8) is 0 Å². The minimum absolute atomic E-state index is 0.0317. The number of carbonyl (C=O) groups excluding carboxylic acids is 2. The molecule has 0 unspecified atom stereocenters. The van der Waals surface area contributed by atoms with Crippen molar-refractivity contribution < 1.29 is 19.1 Å². The first-order valence-electron chi connectivity index (χ1n) is 24.1. The van der Waals surface area contributed by atoms with Crippen LogP contribution in [0.4, 0.5) is 11.4 Å². The predicted molar refractivity (Wildman–Crippen MR) is 241 cm³/mol. The maximum absolute atomic E-state index is 12.5. The molecule has 0 amide bonds. The Labute approximate surface area is 349 Å². The largest absolute Gasteiger partial charge is 0.465 e. The van der Waals surface area contributed by atoms with E-state index in [0.29, 0.717) is 55.8 Å². The topological polar surface area (TPSA) is 114 Å². The maximum atomic E-state index is 12.5. The summed E-state index contributed by atoms with van der Waals surface area (Å²) < 4.78 is 11.5. The van der Waals surface area contributed by atoms with Gasteiger partial charge in [0.05, 0.1) is 13.2 Å². The lowest BCUT2D eigenvalue weighted by Gasteiger charge is -2.23. The predicted octanol–water partition coefficient (Wildman–Crippen LogP) is 11.7. The summed E-state index contributed by atoms with van der Waals surface area (Å²) in [5.41, 5.74) is -0.0644. The van der Waals surface area contributed by atoms with E-state index in [1.807, 2.05) is 0 Å². The third kappa shape index (κ3) is 27.1. The number of esters is 2. The smallest absolute Gasteiger partial charge is 0.305 e. The van der Waals surface area contributed by atoms with Gasteiger partial charge in [-0.3, -0.25) is 19.2 Å². The second kappa shape index (κ2) is 36.6. The van der Waals surface area contributed by atoms with Gasteiger partial charge in [0.15, 0.2) is 0 Å². The first-order valence-corrected chi connectivity index (χ1v) is 24.1. The minimum Gasteiger partial charge on any atom is -0.465 e. The van der Waals surface area contributed by atoms with Gasteiger partial charge < -0.3 is 25.0 Å². The van der Waals surface area contributed by atoms with Gasteiger partial charge in [-0.05, 0) is 89.3 Å². The van der Waals surface area contributed by atoms with Gasteiger partial charge in [-0.25, -0.2) is 0 Å². The quantitative estimate of drug-likeness (QED) is 0.0379. The highest BCUT2D eigenvalue weighted by Crippen LogP contribution is 2.20. The van der Waals surface area contributed by atoms with E-state index in [4.69, 9.17) is 9.47 Å². The van der Waals surface area contributed by atoms with Crippen LogP contribution in [0.25, 0.3) is 0 Å². The van der Waals surface area contributed by atoms with Crippen molar-refractivity contribution in [2.45, 2.75) is 214 Å². The summed E-state index contributed by atoms with van der Waals surface area (Å²) in [6.45, 7) is 13.8. The molecule has 0 saturated carbocycles. The molecule has 0 bridgehead atoms. The van der Waals surface area contributed by atoms with Crippen molar-refractivity contribution in [2.75, 3.05) is 57.1 Å². The van der Waals surface area contributed by atoms with Crippen LogP contribution in [-0.4, -0.2) is 63.3 Å². The highest BCUT2D eigenvalue weighted by atomic mass is 16.5. The number of hydrogen-bond acceptors (Lipinski definition) is 9. The van der Waals surface area contributed by atoms with Crippen molar-refractivity contribution in [1.29, 1.82) is 0 Å². The van der Waals surface area contributed by atoms with Crippen molar-refractivity contribution in [3.05, 3.63) is 20.4 Å². The van der Waals surface area contributed by atoms with Crippen molar-refractivity contribution in [1.82, 2.24) is 4.90 Å². The fourth-order valence-electron chi connectivity index (χ4n) is 7.84. The van der Waals surface area contributed by atoms with Crippen LogP contribution in [0, 0.1) is 11.8 Å². The van der Waals surface area contributed by atoms with Crippen molar-refractivity contribution in [3.8, 4) is 0 Å². The summed E-state index contributed by atoms with van der Waals surface area (Å²) in [5.74, 6) is 0.959. The lowest BCUT2D eigenvalue weighted by molar-refractivity contribution is -0.146. The molecule has 1 aromatic rings. The van der Waals surface area contributed by atoms with E-state index in [9.17, 15) is 19.2 Å². The van der Waals surface area contributed by atoms with Gasteiger partial charge in [-0.2, -0.15) is 0 Å². The SMILES string of the molecule is CCCCCC(CCCCC)COC(=O)CCCCCCCN(CCCCCCCC(=O)OCC(CCCCC)CCCCC)CCCNc1c(NC)c(=O)c1=O. The Morgan fingerprint density at radius 3 is 1.26 bits per heavy atom. The molecular weight excluding hydrogens is 715 g/mol. The van der Waals surface area contributed by atoms with E-state index in [2.05, 4.69) is 43.2 Å². The van der Waals surface area contributed by atoms with Gasteiger partial charge >= 0.3 is 11.9 Å². The number of hydrogen-bond donors (Lipinski definition) is 2. The fraction of sp³-hybridized carbons (Fsp3) is 0.875. The summed E-state index contributed by atoms with van der Waals surface area (Å²) >= 11 is 0. The normalized spacial score (nSPS) is 11.6. The van der Waals surface area contributed by atoms with E-state index in [-0.39, 0.29) is 11.9 Å². The summed E-state index contributed by atoms with van der Waals surface area (Å²) in [5, 5.41) is 6.01. The van der Waals surface area contributed by atoms with Crippen LogP contribution in [0.15, 0.2) is 9.59 Å². The molecular formula is C48H89N3O6. The molecule has 0 spiro atoms. The first-order chi connectivity index (χ1) is 27.8. The summed E-state index contributed by atoms with van der Waals surface area (Å²) in [6, 6.07) is 0. The van der Waals surface area contributed by atoms with Crippen LogP contribution >= 0.6 is 0 Å². The minimum atomic E-state index is -0.441. The average Bonchev–Trinajstić information content (AvgIpc) is 3.21. The third-order valence-electron chi connectivity index (χ3n) is 11.6. The van der Waals surface area contributed by atoms with Crippen molar-refractivity contribution >= 4 is 23.3 Å². The molecule has 0 saturated heterocycles. The number of anilines is 2. The van der Waals surface area contributed by atoms with E-state index >= 15 is 0 Å². The number of ether oxygens (including phenoxy) is 2. The number of nitrogens with zero attached hydrogens (tertiary/aromatic N) is 1.